The monoisotopic (exact) mass is 337 g/mol. The zero-order valence-corrected chi connectivity index (χ0v) is 10.3. The highest BCUT2D eigenvalue weighted by atomic mass is 127. The van der Waals surface area contributed by atoms with Gasteiger partial charge in [-0.15, -0.1) is 0 Å². The van der Waals surface area contributed by atoms with E-state index in [1.807, 2.05) is 21.2 Å². The Labute approximate surface area is 101 Å². The maximum atomic E-state index is 13.0. The number of hydrogen-bond acceptors (Lipinski definition) is 2. The number of benzene rings is 1. The van der Waals surface area contributed by atoms with E-state index in [0.717, 1.165) is 5.39 Å². The van der Waals surface area contributed by atoms with E-state index in [4.69, 9.17) is 5.11 Å². The fourth-order valence-electron chi connectivity index (χ4n) is 1.37. The van der Waals surface area contributed by atoms with Crippen LogP contribution in [0.15, 0.2) is 24.3 Å². The van der Waals surface area contributed by atoms with E-state index >= 15 is 0 Å². The molecule has 0 spiro atoms. The SMILES string of the molecule is O=C(O)c1cc2ccc(F)cc2n1SI. The maximum absolute atomic E-state index is 13.0. The van der Waals surface area contributed by atoms with Crippen LogP contribution in [0.3, 0.4) is 0 Å². The van der Waals surface area contributed by atoms with Gasteiger partial charge in [-0.1, -0.05) is 0 Å². The Morgan fingerprint density at radius 3 is 2.80 bits per heavy atom. The van der Waals surface area contributed by atoms with Gasteiger partial charge >= 0.3 is 5.97 Å². The topological polar surface area (TPSA) is 42.2 Å². The summed E-state index contributed by atoms with van der Waals surface area (Å²) < 4.78 is 14.5. The van der Waals surface area contributed by atoms with Crippen molar-refractivity contribution in [1.29, 1.82) is 0 Å². The summed E-state index contributed by atoms with van der Waals surface area (Å²) in [6.07, 6.45) is 0. The van der Waals surface area contributed by atoms with Crippen molar-refractivity contribution in [2.45, 2.75) is 0 Å². The van der Waals surface area contributed by atoms with Crippen LogP contribution in [0.2, 0.25) is 0 Å². The molecular weight excluding hydrogens is 332 g/mol. The standard InChI is InChI=1S/C9H5FINO2S/c10-6-2-1-5-3-8(9(13)14)12(15-11)7(5)4-6/h1-4H,(H,13,14). The van der Waals surface area contributed by atoms with Crippen LogP contribution in [0.1, 0.15) is 10.5 Å². The summed E-state index contributed by atoms with van der Waals surface area (Å²) in [4.78, 5) is 10.9. The first kappa shape index (κ1) is 10.7. The summed E-state index contributed by atoms with van der Waals surface area (Å²) in [6.45, 7) is 0. The lowest BCUT2D eigenvalue weighted by Crippen LogP contribution is -2.01. The molecule has 0 saturated heterocycles. The molecule has 0 aliphatic rings. The molecule has 15 heavy (non-hydrogen) atoms. The molecule has 0 saturated carbocycles. The lowest BCUT2D eigenvalue weighted by molar-refractivity contribution is 0.0690. The molecule has 0 bridgehead atoms. The maximum Gasteiger partial charge on any atom is 0.353 e. The molecule has 0 atom stereocenters. The van der Waals surface area contributed by atoms with Gasteiger partial charge in [-0.3, -0.25) is 3.97 Å². The van der Waals surface area contributed by atoms with Crippen LogP contribution in [0.5, 0.6) is 0 Å². The Balaban J connectivity index is 2.79. The number of carboxylic acid groups (broad SMARTS) is 1. The van der Waals surface area contributed by atoms with Crippen LogP contribution in [-0.4, -0.2) is 15.0 Å². The van der Waals surface area contributed by atoms with Crippen LogP contribution in [0.4, 0.5) is 4.39 Å². The van der Waals surface area contributed by atoms with Gasteiger partial charge in [-0.05, 0) is 24.3 Å². The van der Waals surface area contributed by atoms with E-state index in [2.05, 4.69) is 0 Å². The van der Waals surface area contributed by atoms with Crippen LogP contribution in [-0.2, 0) is 0 Å². The molecule has 0 unspecified atom stereocenters. The lowest BCUT2D eigenvalue weighted by atomic mass is 10.2. The van der Waals surface area contributed by atoms with Crippen molar-refractivity contribution in [3.05, 3.63) is 35.8 Å². The van der Waals surface area contributed by atoms with Gasteiger partial charge in [-0.25, -0.2) is 9.18 Å². The molecule has 3 nitrogen and oxygen atoms in total. The molecule has 1 aromatic heterocycles. The van der Waals surface area contributed by atoms with Crippen LogP contribution in [0.25, 0.3) is 10.9 Å². The number of rotatable bonds is 2. The quantitative estimate of drug-likeness (QED) is 0.855. The van der Waals surface area contributed by atoms with Crippen molar-refractivity contribution < 1.29 is 14.3 Å². The summed E-state index contributed by atoms with van der Waals surface area (Å²) in [5.41, 5.74) is 0.724. The smallest absolute Gasteiger partial charge is 0.353 e. The minimum absolute atomic E-state index is 0.148. The van der Waals surface area contributed by atoms with Gasteiger partial charge in [0.1, 0.15) is 11.5 Å². The molecule has 0 aliphatic carbocycles. The minimum Gasteiger partial charge on any atom is -0.477 e. The predicted molar refractivity (Wildman–Crippen MR) is 65.9 cm³/mol. The van der Waals surface area contributed by atoms with E-state index < -0.39 is 5.97 Å². The molecule has 1 heterocycles. The second-order valence-corrected chi connectivity index (χ2v) is 4.59. The number of carbonyl (C=O) groups is 1. The molecule has 6 heteroatoms. The second kappa shape index (κ2) is 4.01. The van der Waals surface area contributed by atoms with Gasteiger partial charge in [0.05, 0.1) is 5.52 Å². The third-order valence-corrected chi connectivity index (χ3v) is 3.72. The summed E-state index contributed by atoms with van der Waals surface area (Å²) in [5, 5.41) is 9.66. The Hall–Kier alpha value is -0.760. The molecule has 78 valence electrons. The van der Waals surface area contributed by atoms with Crippen molar-refractivity contribution in [2.75, 3.05) is 0 Å². The Kier molecular flexibility index (Phi) is 2.87. The van der Waals surface area contributed by atoms with Crippen molar-refractivity contribution in [1.82, 2.24) is 3.97 Å². The number of halogens is 2. The second-order valence-electron chi connectivity index (χ2n) is 2.90. The Morgan fingerprint density at radius 1 is 1.47 bits per heavy atom. The average Bonchev–Trinajstić information content (AvgIpc) is 2.55. The van der Waals surface area contributed by atoms with Crippen LogP contribution < -0.4 is 0 Å². The zero-order valence-electron chi connectivity index (χ0n) is 7.28. The first-order chi connectivity index (χ1) is 7.13. The summed E-state index contributed by atoms with van der Waals surface area (Å²) in [5.74, 6) is -1.39. The zero-order chi connectivity index (χ0) is 11.0. The number of fused-ring (bicyclic) bond motifs is 1. The number of hydrogen-bond donors (Lipinski definition) is 1. The molecular formula is C9H5FINO2S. The van der Waals surface area contributed by atoms with Crippen molar-refractivity contribution in [3.63, 3.8) is 0 Å². The minimum atomic E-state index is -1.02. The van der Waals surface area contributed by atoms with Crippen molar-refractivity contribution in [3.8, 4) is 0 Å². The largest absolute Gasteiger partial charge is 0.477 e. The molecule has 1 N–H and O–H groups in total. The molecule has 0 aliphatic heterocycles. The lowest BCUT2D eigenvalue weighted by Gasteiger charge is -2.00. The highest BCUT2D eigenvalue weighted by Gasteiger charge is 2.14. The summed E-state index contributed by atoms with van der Waals surface area (Å²) in [6, 6.07) is 5.74. The van der Waals surface area contributed by atoms with E-state index in [1.54, 1.807) is 6.07 Å². The van der Waals surface area contributed by atoms with Crippen molar-refractivity contribution in [2.24, 2.45) is 0 Å². The fraction of sp³-hybridized carbons (Fsp3) is 0. The first-order valence-corrected chi connectivity index (χ1v) is 7.28. The fourth-order valence-corrected chi connectivity index (χ4v) is 3.08. The average molecular weight is 337 g/mol. The van der Waals surface area contributed by atoms with Gasteiger partial charge in [0.25, 0.3) is 0 Å². The van der Waals surface area contributed by atoms with Gasteiger partial charge < -0.3 is 5.11 Å². The first-order valence-electron chi connectivity index (χ1n) is 3.97. The highest BCUT2D eigenvalue weighted by Crippen LogP contribution is 2.28. The summed E-state index contributed by atoms with van der Waals surface area (Å²) >= 11 is 1.96. The van der Waals surface area contributed by atoms with Crippen LogP contribution in [0, 0.1) is 5.82 Å². The third kappa shape index (κ3) is 1.83. The Bertz CT molecular complexity index is 540. The van der Waals surface area contributed by atoms with E-state index in [1.165, 1.54) is 31.3 Å². The van der Waals surface area contributed by atoms with E-state index in [-0.39, 0.29) is 11.5 Å². The molecule has 2 aromatic rings. The number of aromatic carboxylic acids is 1. The Morgan fingerprint density at radius 2 is 2.20 bits per heavy atom. The highest BCUT2D eigenvalue weighted by molar-refractivity contribution is 14.2. The molecule has 0 amide bonds. The van der Waals surface area contributed by atoms with Gasteiger partial charge in [-0.2, -0.15) is 0 Å². The third-order valence-electron chi connectivity index (χ3n) is 2.01. The van der Waals surface area contributed by atoms with Crippen LogP contribution >= 0.6 is 30.3 Å². The number of carboxylic acids is 1. The number of nitrogens with zero attached hydrogens (tertiary/aromatic N) is 1. The van der Waals surface area contributed by atoms with Gasteiger partial charge in [0.2, 0.25) is 0 Å². The number of aromatic nitrogens is 1. The van der Waals surface area contributed by atoms with Gasteiger partial charge in [0.15, 0.2) is 0 Å². The normalized spacial score (nSPS) is 10.8. The molecule has 2 rings (SSSR count). The van der Waals surface area contributed by atoms with E-state index in [9.17, 15) is 9.18 Å². The molecule has 0 radical (unpaired) electrons. The summed E-state index contributed by atoms with van der Waals surface area (Å²) in [7, 11) is 1.21. The predicted octanol–water partition coefficient (Wildman–Crippen LogP) is 3.32. The molecule has 0 fully saturated rings. The molecule has 1 aromatic carbocycles. The van der Waals surface area contributed by atoms with Gasteiger partial charge in [0, 0.05) is 35.7 Å². The van der Waals surface area contributed by atoms with E-state index in [0.29, 0.717) is 5.52 Å². The van der Waals surface area contributed by atoms with Crippen molar-refractivity contribution >= 4 is 47.2 Å².